The summed E-state index contributed by atoms with van der Waals surface area (Å²) in [6.07, 6.45) is -6.17. The van der Waals surface area contributed by atoms with Gasteiger partial charge in [-0.1, -0.05) is 56.3 Å². The molecule has 1 aliphatic rings. The van der Waals surface area contributed by atoms with Crippen LogP contribution < -0.4 is 5.32 Å². The van der Waals surface area contributed by atoms with Crippen LogP contribution in [0.15, 0.2) is 65.9 Å². The molecule has 1 heterocycles. The molecule has 0 saturated heterocycles. The van der Waals surface area contributed by atoms with Crippen LogP contribution in [0.3, 0.4) is 0 Å². The first-order valence-corrected chi connectivity index (χ1v) is 12.1. The smallest absolute Gasteiger partial charge is 0.409 e. The molecule has 0 fully saturated rings. The van der Waals surface area contributed by atoms with E-state index in [1.54, 1.807) is 18.2 Å². The highest BCUT2D eigenvalue weighted by Crippen LogP contribution is 2.42. The lowest BCUT2D eigenvalue weighted by Crippen LogP contribution is -2.42. The number of cyclic esters (lactones) is 1. The topological polar surface area (TPSA) is 95.9 Å². The van der Waals surface area contributed by atoms with Gasteiger partial charge in [0.25, 0.3) is 0 Å². The summed E-state index contributed by atoms with van der Waals surface area (Å²) in [5, 5.41) is 22.1. The van der Waals surface area contributed by atoms with Crippen LogP contribution in [-0.2, 0) is 22.4 Å². The average Bonchev–Trinajstić information content (AvgIpc) is 2.79. The van der Waals surface area contributed by atoms with E-state index in [1.165, 1.54) is 0 Å². The minimum atomic E-state index is -4.42. The molecule has 9 heteroatoms. The molecule has 2 aromatic rings. The van der Waals surface area contributed by atoms with E-state index in [-0.39, 0.29) is 30.6 Å². The van der Waals surface area contributed by atoms with Gasteiger partial charge in [0.15, 0.2) is 0 Å². The van der Waals surface area contributed by atoms with Crippen molar-refractivity contribution in [1.29, 1.82) is 0 Å². The standard InChI is InChI=1S/C28H32F3NO5/c1-26(2,16-20-9-6-10-21(15-20)32-25(35)36)17-22-23(33)18-27(37-24(22)34,13-14-28(29,30)31)12-11-19-7-4-3-5-8-19/h3-10,15,32-33H,11-14,16-18H2,1-2H3,(H,35,36). The van der Waals surface area contributed by atoms with Crippen LogP contribution in [-0.4, -0.2) is 34.1 Å². The molecule has 1 amide bonds. The zero-order valence-electron chi connectivity index (χ0n) is 20.9. The molecule has 6 nitrogen and oxygen atoms in total. The largest absolute Gasteiger partial charge is 0.512 e. The molecule has 1 atom stereocenters. The zero-order chi connectivity index (χ0) is 27.3. The third-order valence-electron chi connectivity index (χ3n) is 6.49. The van der Waals surface area contributed by atoms with E-state index in [4.69, 9.17) is 9.84 Å². The normalized spacial score (nSPS) is 18.5. The summed E-state index contributed by atoms with van der Waals surface area (Å²) in [6.45, 7) is 3.78. The highest BCUT2D eigenvalue weighted by atomic mass is 19.4. The van der Waals surface area contributed by atoms with Crippen molar-refractivity contribution >= 4 is 17.7 Å². The maximum absolute atomic E-state index is 13.1. The number of alkyl halides is 3. The van der Waals surface area contributed by atoms with E-state index in [9.17, 15) is 27.9 Å². The van der Waals surface area contributed by atoms with Gasteiger partial charge in [0.1, 0.15) is 11.4 Å². The van der Waals surface area contributed by atoms with Crippen molar-refractivity contribution in [2.24, 2.45) is 5.41 Å². The Labute approximate surface area is 214 Å². The molecule has 0 radical (unpaired) electrons. The molecule has 1 unspecified atom stereocenters. The minimum absolute atomic E-state index is 0.0622. The molecule has 3 rings (SSSR count). The molecule has 0 saturated carbocycles. The van der Waals surface area contributed by atoms with Gasteiger partial charge in [0.2, 0.25) is 0 Å². The van der Waals surface area contributed by atoms with Gasteiger partial charge in [0, 0.05) is 18.5 Å². The first-order valence-electron chi connectivity index (χ1n) is 12.1. The molecule has 200 valence electrons. The molecular formula is C28H32F3NO5. The van der Waals surface area contributed by atoms with E-state index in [2.05, 4.69) is 5.32 Å². The van der Waals surface area contributed by atoms with Crippen LogP contribution in [0.25, 0.3) is 0 Å². The summed E-state index contributed by atoms with van der Waals surface area (Å²) < 4.78 is 45.0. The van der Waals surface area contributed by atoms with Crippen molar-refractivity contribution in [3.63, 3.8) is 0 Å². The summed E-state index contributed by atoms with van der Waals surface area (Å²) in [7, 11) is 0. The number of hydrogen-bond donors (Lipinski definition) is 3. The van der Waals surface area contributed by atoms with Gasteiger partial charge in [-0.2, -0.15) is 13.2 Å². The average molecular weight is 520 g/mol. The highest BCUT2D eigenvalue weighted by molar-refractivity contribution is 5.90. The number of aliphatic hydroxyl groups excluding tert-OH is 1. The number of amides is 1. The van der Waals surface area contributed by atoms with Crippen LogP contribution >= 0.6 is 0 Å². The number of rotatable bonds is 10. The molecule has 0 aromatic heterocycles. The van der Waals surface area contributed by atoms with E-state index in [0.717, 1.165) is 11.1 Å². The molecule has 0 aliphatic carbocycles. The molecule has 0 spiro atoms. The Bertz CT molecular complexity index is 1140. The van der Waals surface area contributed by atoms with Crippen LogP contribution in [0.2, 0.25) is 0 Å². The van der Waals surface area contributed by atoms with E-state index in [1.807, 2.05) is 50.2 Å². The summed E-state index contributed by atoms with van der Waals surface area (Å²) in [5.41, 5.74) is 0.208. The minimum Gasteiger partial charge on any atom is -0.512 e. The second-order valence-corrected chi connectivity index (χ2v) is 10.4. The molecule has 3 N–H and O–H groups in total. The van der Waals surface area contributed by atoms with Crippen LogP contribution in [0.1, 0.15) is 57.1 Å². The number of halogens is 3. The Hall–Kier alpha value is -3.49. The predicted molar refractivity (Wildman–Crippen MR) is 133 cm³/mol. The molecule has 2 aromatic carbocycles. The number of carboxylic acid groups (broad SMARTS) is 1. The van der Waals surface area contributed by atoms with Crippen molar-refractivity contribution in [3.8, 4) is 0 Å². The van der Waals surface area contributed by atoms with E-state index < -0.39 is 42.1 Å². The first-order chi connectivity index (χ1) is 17.3. The van der Waals surface area contributed by atoms with Gasteiger partial charge in [-0.3, -0.25) is 5.32 Å². The number of esters is 1. The summed E-state index contributed by atoms with van der Waals surface area (Å²) in [5.74, 6) is -1.03. The second kappa shape index (κ2) is 11.3. The number of aliphatic hydroxyl groups is 1. The van der Waals surface area contributed by atoms with Gasteiger partial charge in [-0.25, -0.2) is 9.59 Å². The SMILES string of the molecule is CC(C)(CC1=C(O)CC(CCc2ccccc2)(CCC(F)(F)F)OC1=O)Cc1cccc(NC(=O)O)c1. The maximum Gasteiger partial charge on any atom is 0.409 e. The van der Waals surface area contributed by atoms with Crippen molar-refractivity contribution in [1.82, 2.24) is 0 Å². The molecule has 0 bridgehead atoms. The molecule has 37 heavy (non-hydrogen) atoms. The summed E-state index contributed by atoms with van der Waals surface area (Å²) in [4.78, 5) is 24.0. The van der Waals surface area contributed by atoms with Crippen LogP contribution in [0.5, 0.6) is 0 Å². The Morgan fingerprint density at radius 3 is 2.32 bits per heavy atom. The Morgan fingerprint density at radius 1 is 1.03 bits per heavy atom. The Balaban J connectivity index is 1.78. The lowest BCUT2D eigenvalue weighted by Gasteiger charge is -2.39. The van der Waals surface area contributed by atoms with Crippen molar-refractivity contribution < 1.29 is 37.7 Å². The third-order valence-corrected chi connectivity index (χ3v) is 6.49. The number of benzene rings is 2. The number of carbonyl (C=O) groups is 2. The number of carbonyl (C=O) groups excluding carboxylic acids is 1. The van der Waals surface area contributed by atoms with E-state index >= 15 is 0 Å². The van der Waals surface area contributed by atoms with Crippen molar-refractivity contribution in [2.75, 3.05) is 5.32 Å². The quantitative estimate of drug-likeness (QED) is 0.288. The lowest BCUT2D eigenvalue weighted by atomic mass is 9.77. The van der Waals surface area contributed by atoms with Crippen LogP contribution in [0.4, 0.5) is 23.7 Å². The maximum atomic E-state index is 13.1. The fourth-order valence-corrected chi connectivity index (χ4v) is 4.76. The van der Waals surface area contributed by atoms with Crippen LogP contribution in [0, 0.1) is 5.41 Å². The number of nitrogens with one attached hydrogen (secondary N) is 1. The summed E-state index contributed by atoms with van der Waals surface area (Å²) >= 11 is 0. The first kappa shape index (κ1) is 28.1. The molecule has 1 aliphatic heterocycles. The van der Waals surface area contributed by atoms with Gasteiger partial charge in [-0.15, -0.1) is 0 Å². The van der Waals surface area contributed by atoms with Gasteiger partial charge in [-0.05, 0) is 60.8 Å². The number of aryl methyl sites for hydroxylation is 1. The molecular weight excluding hydrogens is 487 g/mol. The predicted octanol–water partition coefficient (Wildman–Crippen LogP) is 7.21. The third kappa shape index (κ3) is 8.55. The Kier molecular flexibility index (Phi) is 8.56. The van der Waals surface area contributed by atoms with Gasteiger partial charge >= 0.3 is 18.2 Å². The zero-order valence-corrected chi connectivity index (χ0v) is 20.9. The van der Waals surface area contributed by atoms with Gasteiger partial charge < -0.3 is 14.9 Å². The second-order valence-electron chi connectivity index (χ2n) is 10.4. The van der Waals surface area contributed by atoms with Gasteiger partial charge in [0.05, 0.1) is 5.57 Å². The monoisotopic (exact) mass is 519 g/mol. The lowest BCUT2D eigenvalue weighted by molar-refractivity contribution is -0.173. The van der Waals surface area contributed by atoms with E-state index in [0.29, 0.717) is 18.5 Å². The number of ether oxygens (including phenoxy) is 1. The highest BCUT2D eigenvalue weighted by Gasteiger charge is 2.45. The number of anilines is 1. The van der Waals surface area contributed by atoms with Crippen molar-refractivity contribution in [2.45, 2.75) is 70.6 Å². The fraction of sp³-hybridized carbons (Fsp3) is 0.429. The fourth-order valence-electron chi connectivity index (χ4n) is 4.76. The van der Waals surface area contributed by atoms with Crippen molar-refractivity contribution in [3.05, 3.63) is 77.1 Å². The number of hydrogen-bond acceptors (Lipinski definition) is 4. The summed E-state index contributed by atoms with van der Waals surface area (Å²) in [6, 6.07) is 16.1. The Morgan fingerprint density at radius 2 is 1.70 bits per heavy atom.